The van der Waals surface area contributed by atoms with E-state index < -0.39 is 0 Å². The monoisotopic (exact) mass is 626 g/mol. The van der Waals surface area contributed by atoms with Crippen LogP contribution in [0.5, 0.6) is 0 Å². The third kappa shape index (κ3) is 28.2. The highest BCUT2D eigenvalue weighted by molar-refractivity contribution is 5.85. The fraction of sp³-hybridized carbons (Fsp3) is 1.00. The second-order valence-corrected chi connectivity index (χ2v) is 14.7. The summed E-state index contributed by atoms with van der Waals surface area (Å²) in [5, 5.41) is 3.83. The Labute approximate surface area is 278 Å². The first-order chi connectivity index (χ1) is 20.9. The molecule has 0 aliphatic carbocycles. The molecule has 3 heteroatoms. The van der Waals surface area contributed by atoms with Crippen LogP contribution < -0.4 is 5.32 Å². The number of rotatable bonds is 0. The standard InChI is InChI=1S/C40H79NO.ClH/c1-2-4-6-8-10-12-14-16-18-20-22-24-26-28-30-32-36-41-40-35-34-39(37-42-38-40)33-31-29-27-25-23-21-19-17-15-13-11-9-7-5-3-1;/h39-41H,1-38H2;1H. The lowest BCUT2D eigenvalue weighted by Gasteiger charge is -2.16. The summed E-state index contributed by atoms with van der Waals surface area (Å²) < 4.78 is 6.11. The van der Waals surface area contributed by atoms with Gasteiger partial charge >= 0.3 is 0 Å². The molecule has 2 rings (SSSR count). The van der Waals surface area contributed by atoms with Crippen LogP contribution in [0.2, 0.25) is 0 Å². The van der Waals surface area contributed by atoms with Crippen molar-refractivity contribution in [1.82, 2.24) is 5.32 Å². The van der Waals surface area contributed by atoms with Crippen molar-refractivity contribution in [1.29, 1.82) is 0 Å². The van der Waals surface area contributed by atoms with Crippen LogP contribution in [0.1, 0.15) is 225 Å². The number of nitrogens with one attached hydrogen (secondary N) is 1. The zero-order valence-electron chi connectivity index (χ0n) is 29.3. The van der Waals surface area contributed by atoms with Crippen LogP contribution >= 0.6 is 12.4 Å². The molecule has 258 valence electrons. The Hall–Kier alpha value is 0.210. The molecule has 2 nitrogen and oxygen atoms in total. The molecule has 2 heterocycles. The van der Waals surface area contributed by atoms with Gasteiger partial charge in [-0.25, -0.2) is 0 Å². The molecule has 2 aliphatic heterocycles. The largest absolute Gasteiger partial charge is 0.380 e. The van der Waals surface area contributed by atoms with Gasteiger partial charge in [0.2, 0.25) is 0 Å². The Balaban J connectivity index is 0.00000924. The van der Waals surface area contributed by atoms with Gasteiger partial charge in [0.05, 0.1) is 6.61 Å². The maximum Gasteiger partial charge on any atom is 0.0619 e. The minimum atomic E-state index is 0. The van der Waals surface area contributed by atoms with Gasteiger partial charge in [-0.05, 0) is 38.1 Å². The average molecular weight is 627 g/mol. The van der Waals surface area contributed by atoms with E-state index in [0.29, 0.717) is 6.04 Å². The molecule has 0 spiro atoms. The number of fused-ring (bicyclic) bond motifs is 3. The van der Waals surface area contributed by atoms with Gasteiger partial charge in [0, 0.05) is 12.6 Å². The first-order valence-electron chi connectivity index (χ1n) is 20.3. The van der Waals surface area contributed by atoms with Gasteiger partial charge in [-0.1, -0.05) is 199 Å². The van der Waals surface area contributed by atoms with E-state index in [1.54, 1.807) is 0 Å². The van der Waals surface area contributed by atoms with Crippen LogP contribution in [0, 0.1) is 5.92 Å². The molecule has 43 heavy (non-hydrogen) atoms. The summed E-state index contributed by atoms with van der Waals surface area (Å²) in [5.41, 5.74) is 0. The SMILES string of the molecule is C1CCCCCCCCCCCCCCCCCC2CCC(COC2)NCCCCCCCCCCCCCCCC1.Cl. The van der Waals surface area contributed by atoms with E-state index in [0.717, 1.165) is 19.1 Å². The lowest BCUT2D eigenvalue weighted by molar-refractivity contribution is 0.0995. The Kier molecular flexibility index (Phi) is 32.2. The molecular formula is C40H80ClNO. The molecule has 2 atom stereocenters. The fourth-order valence-electron chi connectivity index (χ4n) is 7.54. The van der Waals surface area contributed by atoms with Gasteiger partial charge in [-0.3, -0.25) is 0 Å². The molecule has 0 aromatic rings. The summed E-state index contributed by atoms with van der Waals surface area (Å²) in [6, 6.07) is 0.602. The Morgan fingerprint density at radius 3 is 0.953 bits per heavy atom. The summed E-state index contributed by atoms with van der Waals surface area (Å²) in [6.07, 6.45) is 51.2. The summed E-state index contributed by atoms with van der Waals surface area (Å²) in [5.74, 6) is 0.812. The van der Waals surface area contributed by atoms with Crippen molar-refractivity contribution in [3.8, 4) is 0 Å². The minimum Gasteiger partial charge on any atom is -0.380 e. The number of ether oxygens (including phenoxy) is 1. The summed E-state index contributed by atoms with van der Waals surface area (Å²) in [6.45, 7) is 3.15. The van der Waals surface area contributed by atoms with Crippen LogP contribution in [0.3, 0.4) is 0 Å². The predicted octanol–water partition coefficient (Wildman–Crippen LogP) is 13.7. The van der Waals surface area contributed by atoms with Gasteiger partial charge in [-0.15, -0.1) is 12.4 Å². The van der Waals surface area contributed by atoms with Gasteiger partial charge in [0.1, 0.15) is 0 Å². The third-order valence-corrected chi connectivity index (χ3v) is 10.6. The van der Waals surface area contributed by atoms with Crippen molar-refractivity contribution in [2.75, 3.05) is 19.8 Å². The van der Waals surface area contributed by atoms with E-state index in [1.807, 2.05) is 0 Å². The van der Waals surface area contributed by atoms with Crippen molar-refractivity contribution < 1.29 is 4.74 Å². The second kappa shape index (κ2) is 33.6. The number of hydrogen-bond acceptors (Lipinski definition) is 2. The topological polar surface area (TPSA) is 21.3 Å². The minimum absolute atomic E-state index is 0. The highest BCUT2D eigenvalue weighted by Crippen LogP contribution is 2.22. The molecule has 2 saturated heterocycles. The quantitative estimate of drug-likeness (QED) is 0.289. The van der Waals surface area contributed by atoms with Crippen molar-refractivity contribution >= 4 is 12.4 Å². The smallest absolute Gasteiger partial charge is 0.0619 e. The highest BCUT2D eigenvalue weighted by Gasteiger charge is 2.18. The van der Waals surface area contributed by atoms with Gasteiger partial charge in [0.15, 0.2) is 0 Å². The summed E-state index contributed by atoms with van der Waals surface area (Å²) in [4.78, 5) is 0. The molecule has 2 fully saturated rings. The van der Waals surface area contributed by atoms with Crippen molar-refractivity contribution in [2.24, 2.45) is 5.92 Å². The Bertz CT molecular complexity index is 485. The van der Waals surface area contributed by atoms with Gasteiger partial charge < -0.3 is 10.1 Å². The van der Waals surface area contributed by atoms with E-state index >= 15 is 0 Å². The Morgan fingerprint density at radius 2 is 0.605 bits per heavy atom. The molecule has 0 amide bonds. The average Bonchev–Trinajstić information content (AvgIpc) is 3.23. The molecule has 0 saturated carbocycles. The first kappa shape index (κ1) is 41.2. The predicted molar refractivity (Wildman–Crippen MR) is 195 cm³/mol. The Morgan fingerprint density at radius 1 is 0.302 bits per heavy atom. The highest BCUT2D eigenvalue weighted by atomic mass is 35.5. The number of halogens is 1. The zero-order valence-corrected chi connectivity index (χ0v) is 30.2. The second-order valence-electron chi connectivity index (χ2n) is 14.7. The normalized spacial score (nSPS) is 27.3. The van der Waals surface area contributed by atoms with Crippen LogP contribution in [0.25, 0.3) is 0 Å². The fourth-order valence-corrected chi connectivity index (χ4v) is 7.54. The summed E-state index contributed by atoms with van der Waals surface area (Å²) in [7, 11) is 0. The van der Waals surface area contributed by atoms with Crippen LogP contribution in [0.4, 0.5) is 0 Å². The van der Waals surface area contributed by atoms with E-state index in [-0.39, 0.29) is 12.4 Å². The van der Waals surface area contributed by atoms with E-state index in [1.165, 1.54) is 231 Å². The van der Waals surface area contributed by atoms with E-state index in [2.05, 4.69) is 5.32 Å². The molecule has 0 aromatic heterocycles. The van der Waals surface area contributed by atoms with E-state index in [4.69, 9.17) is 4.74 Å². The summed E-state index contributed by atoms with van der Waals surface area (Å²) >= 11 is 0. The molecular weight excluding hydrogens is 546 g/mol. The molecule has 2 unspecified atom stereocenters. The zero-order chi connectivity index (χ0) is 29.4. The van der Waals surface area contributed by atoms with Gasteiger partial charge in [-0.2, -0.15) is 0 Å². The first-order valence-corrected chi connectivity index (χ1v) is 20.3. The van der Waals surface area contributed by atoms with Crippen LogP contribution in [-0.2, 0) is 4.74 Å². The lowest BCUT2D eigenvalue weighted by Crippen LogP contribution is -2.33. The van der Waals surface area contributed by atoms with Crippen molar-refractivity contribution in [3.05, 3.63) is 0 Å². The van der Waals surface area contributed by atoms with Crippen LogP contribution in [0.15, 0.2) is 0 Å². The number of hydrogen-bond donors (Lipinski definition) is 1. The third-order valence-electron chi connectivity index (χ3n) is 10.6. The maximum atomic E-state index is 6.11. The molecule has 1 N–H and O–H groups in total. The molecule has 2 aliphatic rings. The maximum absolute atomic E-state index is 6.11. The van der Waals surface area contributed by atoms with Crippen molar-refractivity contribution in [3.63, 3.8) is 0 Å². The molecule has 0 aromatic carbocycles. The van der Waals surface area contributed by atoms with Crippen molar-refractivity contribution in [2.45, 2.75) is 231 Å². The van der Waals surface area contributed by atoms with Crippen LogP contribution in [-0.4, -0.2) is 25.8 Å². The van der Waals surface area contributed by atoms with Gasteiger partial charge in [0.25, 0.3) is 0 Å². The molecule has 0 radical (unpaired) electrons. The molecule has 2 bridgehead atoms. The van der Waals surface area contributed by atoms with E-state index in [9.17, 15) is 0 Å². The lowest BCUT2D eigenvalue weighted by atomic mass is 9.95.